The molecule has 266 valence electrons. The fourth-order valence-corrected chi connectivity index (χ4v) is 8.88. The van der Waals surface area contributed by atoms with Crippen molar-refractivity contribution in [2.24, 2.45) is 0 Å². The monoisotopic (exact) mass is 728 g/mol. The quantitative estimate of drug-likeness (QED) is 0.177. The lowest BCUT2D eigenvalue weighted by atomic mass is 10.0. The van der Waals surface area contributed by atoms with Crippen LogP contribution >= 0.6 is 0 Å². The molecule has 5 nitrogen and oxygen atoms in total. The maximum atomic E-state index is 6.88. The predicted molar refractivity (Wildman–Crippen MR) is 234 cm³/mol. The molecule has 0 fully saturated rings. The fraction of sp³-hybridized carbons (Fsp3) is 0. The number of hydrogen-bond donors (Lipinski definition) is 0. The van der Waals surface area contributed by atoms with Gasteiger partial charge in [-0.3, -0.25) is 0 Å². The minimum atomic E-state index is 0.608. The third kappa shape index (κ3) is 4.76. The van der Waals surface area contributed by atoms with Gasteiger partial charge in [0.1, 0.15) is 11.2 Å². The summed E-state index contributed by atoms with van der Waals surface area (Å²) in [6.45, 7) is 0. The zero-order valence-electron chi connectivity index (χ0n) is 30.7. The highest BCUT2D eigenvalue weighted by Gasteiger charge is 2.29. The fourth-order valence-electron chi connectivity index (χ4n) is 8.88. The third-order valence-corrected chi connectivity index (χ3v) is 11.3. The molecule has 0 radical (unpaired) electrons. The molecule has 0 aliphatic carbocycles. The molecule has 5 heteroatoms. The number of fused-ring (bicyclic) bond motifs is 9. The van der Waals surface area contributed by atoms with Crippen molar-refractivity contribution in [3.05, 3.63) is 194 Å². The molecule has 57 heavy (non-hydrogen) atoms. The molecule has 12 rings (SSSR count). The zero-order chi connectivity index (χ0) is 37.5. The summed E-state index contributed by atoms with van der Waals surface area (Å²) in [5.74, 6) is 0.608. The topological polar surface area (TPSA) is 48.8 Å². The number of nitrogens with zero attached hydrogens (tertiary/aromatic N) is 4. The molecule has 0 N–H and O–H groups in total. The Bertz CT molecular complexity index is 3360. The van der Waals surface area contributed by atoms with Crippen LogP contribution < -0.4 is 0 Å². The van der Waals surface area contributed by atoms with Crippen LogP contribution in [-0.2, 0) is 0 Å². The van der Waals surface area contributed by atoms with Crippen LogP contribution in [0.1, 0.15) is 0 Å². The van der Waals surface area contributed by atoms with Crippen molar-refractivity contribution in [2.45, 2.75) is 0 Å². The Morgan fingerprint density at radius 1 is 0.351 bits per heavy atom. The van der Waals surface area contributed by atoms with E-state index in [1.807, 2.05) is 18.2 Å². The number of hydrogen-bond acceptors (Lipinski definition) is 3. The van der Waals surface area contributed by atoms with Crippen LogP contribution in [0.2, 0.25) is 0 Å². The Labute approximate surface area is 327 Å². The van der Waals surface area contributed by atoms with Gasteiger partial charge in [0.05, 0.1) is 50.2 Å². The lowest BCUT2D eigenvalue weighted by Gasteiger charge is -2.21. The van der Waals surface area contributed by atoms with E-state index in [9.17, 15) is 0 Å². The summed E-state index contributed by atoms with van der Waals surface area (Å²) < 4.78 is 11.7. The summed E-state index contributed by atoms with van der Waals surface area (Å²) >= 11 is 0. The van der Waals surface area contributed by atoms with Gasteiger partial charge in [0, 0.05) is 43.6 Å². The highest BCUT2D eigenvalue weighted by molar-refractivity contribution is 6.18. The molecular weight excluding hydrogens is 697 g/mol. The van der Waals surface area contributed by atoms with Gasteiger partial charge < -0.3 is 13.6 Å². The van der Waals surface area contributed by atoms with E-state index in [1.54, 1.807) is 0 Å². The lowest BCUT2D eigenvalue weighted by Crippen LogP contribution is -2.08. The van der Waals surface area contributed by atoms with Crippen LogP contribution in [0.15, 0.2) is 199 Å². The Morgan fingerprint density at radius 2 is 0.754 bits per heavy atom. The molecule has 0 unspecified atom stereocenters. The number of furan rings is 1. The zero-order valence-corrected chi connectivity index (χ0v) is 30.7. The van der Waals surface area contributed by atoms with Gasteiger partial charge in [-0.15, -0.1) is 0 Å². The van der Waals surface area contributed by atoms with E-state index in [4.69, 9.17) is 14.4 Å². The highest BCUT2D eigenvalue weighted by Crippen LogP contribution is 2.47. The Kier molecular flexibility index (Phi) is 6.86. The van der Waals surface area contributed by atoms with Gasteiger partial charge in [0.25, 0.3) is 0 Å². The van der Waals surface area contributed by atoms with Gasteiger partial charge >= 0.3 is 0 Å². The second kappa shape index (κ2) is 12.4. The smallest absolute Gasteiger partial charge is 0.162 e. The summed E-state index contributed by atoms with van der Waals surface area (Å²) in [7, 11) is 0. The molecule has 0 spiro atoms. The largest absolute Gasteiger partial charge is 0.456 e. The average molecular weight is 729 g/mol. The number of aromatic nitrogens is 4. The van der Waals surface area contributed by atoms with Gasteiger partial charge in [0.2, 0.25) is 0 Å². The van der Waals surface area contributed by atoms with Gasteiger partial charge in [0.15, 0.2) is 5.82 Å². The molecule has 0 bridgehead atoms. The summed E-state index contributed by atoms with van der Waals surface area (Å²) in [6, 6.07) is 68.2. The highest BCUT2D eigenvalue weighted by atomic mass is 16.3. The standard InChI is InChI=1S/C52H32N4O/c1-3-17-33(18-4-1)41-32-42(34-19-5-2-6-20-34)54-52(53-41)40-31-48-49(39-25-11-16-30-47(39)57-48)51(56-45-28-14-9-23-37(45)38-24-10-15-29-46(38)56)50(40)55-43-26-12-7-21-35(43)36-22-8-13-27-44(36)55/h1-32H. The summed E-state index contributed by atoms with van der Waals surface area (Å²) in [6.07, 6.45) is 0. The van der Waals surface area contributed by atoms with Crippen molar-refractivity contribution in [1.29, 1.82) is 0 Å². The van der Waals surface area contributed by atoms with Crippen molar-refractivity contribution in [3.63, 3.8) is 0 Å². The Morgan fingerprint density at radius 3 is 1.25 bits per heavy atom. The SMILES string of the molecule is c1ccc(-c2cc(-c3ccccc3)nc(-c3cc4oc5ccccc5c4c(-n4c5ccccc5c5ccccc54)c3-n3c4ccccc4c4ccccc43)n2)cc1. The van der Waals surface area contributed by atoms with E-state index in [0.717, 1.165) is 83.5 Å². The molecule has 8 aromatic carbocycles. The molecule has 4 aromatic heterocycles. The Hall–Kier alpha value is -7.76. The van der Waals surface area contributed by atoms with E-state index in [1.165, 1.54) is 21.5 Å². The number of para-hydroxylation sites is 5. The van der Waals surface area contributed by atoms with Crippen molar-refractivity contribution in [3.8, 4) is 45.3 Å². The molecule has 0 amide bonds. The first-order valence-electron chi connectivity index (χ1n) is 19.3. The van der Waals surface area contributed by atoms with Crippen molar-refractivity contribution in [2.75, 3.05) is 0 Å². The van der Waals surface area contributed by atoms with Gasteiger partial charge in [-0.05, 0) is 42.5 Å². The summed E-state index contributed by atoms with van der Waals surface area (Å²) in [4.78, 5) is 10.9. The van der Waals surface area contributed by atoms with Crippen LogP contribution in [0.5, 0.6) is 0 Å². The molecule has 12 aromatic rings. The number of rotatable bonds is 5. The second-order valence-corrected chi connectivity index (χ2v) is 14.5. The molecule has 0 saturated heterocycles. The van der Waals surface area contributed by atoms with E-state index in [2.05, 4.69) is 185 Å². The maximum absolute atomic E-state index is 6.88. The van der Waals surface area contributed by atoms with Crippen LogP contribution in [-0.4, -0.2) is 19.1 Å². The molecule has 0 saturated carbocycles. The van der Waals surface area contributed by atoms with Crippen molar-refractivity contribution >= 4 is 65.6 Å². The molecular formula is C52H32N4O. The minimum absolute atomic E-state index is 0.608. The predicted octanol–water partition coefficient (Wildman–Crippen LogP) is 13.6. The summed E-state index contributed by atoms with van der Waals surface area (Å²) in [5.41, 5.74) is 12.6. The first-order valence-corrected chi connectivity index (χ1v) is 19.3. The molecule has 0 atom stereocenters. The third-order valence-electron chi connectivity index (χ3n) is 11.3. The van der Waals surface area contributed by atoms with E-state index in [0.29, 0.717) is 5.82 Å². The number of benzene rings is 8. The van der Waals surface area contributed by atoms with Gasteiger partial charge in [-0.1, -0.05) is 152 Å². The maximum Gasteiger partial charge on any atom is 0.162 e. The average Bonchev–Trinajstić information content (AvgIpc) is 3.94. The van der Waals surface area contributed by atoms with E-state index < -0.39 is 0 Å². The minimum Gasteiger partial charge on any atom is -0.456 e. The first kappa shape index (κ1) is 31.6. The first-order chi connectivity index (χ1) is 28.3. The second-order valence-electron chi connectivity index (χ2n) is 14.5. The van der Waals surface area contributed by atoms with Crippen LogP contribution in [0.25, 0.3) is 111 Å². The van der Waals surface area contributed by atoms with E-state index in [-0.39, 0.29) is 0 Å². The molecule has 0 aliphatic rings. The molecule has 0 aliphatic heterocycles. The van der Waals surface area contributed by atoms with Gasteiger partial charge in [-0.25, -0.2) is 9.97 Å². The van der Waals surface area contributed by atoms with E-state index >= 15 is 0 Å². The normalized spacial score (nSPS) is 11.9. The van der Waals surface area contributed by atoms with Crippen LogP contribution in [0, 0.1) is 0 Å². The van der Waals surface area contributed by atoms with Crippen molar-refractivity contribution < 1.29 is 4.42 Å². The Balaban J connectivity index is 1.35. The summed E-state index contributed by atoms with van der Waals surface area (Å²) in [5, 5.41) is 6.78. The van der Waals surface area contributed by atoms with Crippen LogP contribution in [0.3, 0.4) is 0 Å². The van der Waals surface area contributed by atoms with Crippen LogP contribution in [0.4, 0.5) is 0 Å². The van der Waals surface area contributed by atoms with Gasteiger partial charge in [-0.2, -0.15) is 0 Å². The molecule has 4 heterocycles. The lowest BCUT2D eigenvalue weighted by molar-refractivity contribution is 0.669. The van der Waals surface area contributed by atoms with Crippen molar-refractivity contribution in [1.82, 2.24) is 19.1 Å².